The lowest BCUT2D eigenvalue weighted by Crippen LogP contribution is -2.38. The van der Waals surface area contributed by atoms with Crippen LogP contribution >= 0.6 is 30.4 Å². The standard InChI is InChI=1S/C14H30IO4P/c1-5-6-7-8-9-10-11-14(4,12(2)15)13(3)19-20(16,17)18/h12-13H,5-11H2,1-4H3,(H2,16,17,18). The molecule has 6 heteroatoms. The Morgan fingerprint density at radius 2 is 1.65 bits per heavy atom. The predicted molar refractivity (Wildman–Crippen MR) is 92.2 cm³/mol. The molecule has 0 aliphatic carbocycles. The number of phosphoric acid groups is 1. The fourth-order valence-electron chi connectivity index (χ4n) is 2.34. The van der Waals surface area contributed by atoms with Crippen molar-refractivity contribution in [2.75, 3.05) is 0 Å². The maximum atomic E-state index is 11.0. The molecule has 2 N–H and O–H groups in total. The Labute approximate surface area is 137 Å². The molecule has 122 valence electrons. The van der Waals surface area contributed by atoms with Crippen LogP contribution in [0, 0.1) is 5.41 Å². The van der Waals surface area contributed by atoms with Crippen LogP contribution in [0.4, 0.5) is 0 Å². The first-order valence-corrected chi connectivity index (χ1v) is 10.3. The van der Waals surface area contributed by atoms with Gasteiger partial charge < -0.3 is 9.79 Å². The summed E-state index contributed by atoms with van der Waals surface area (Å²) in [6.45, 7) is 8.12. The van der Waals surface area contributed by atoms with E-state index in [1.165, 1.54) is 32.1 Å². The average Bonchev–Trinajstić information content (AvgIpc) is 2.30. The summed E-state index contributed by atoms with van der Waals surface area (Å²) in [5, 5.41) is 0. The van der Waals surface area contributed by atoms with Gasteiger partial charge in [0.25, 0.3) is 0 Å². The van der Waals surface area contributed by atoms with E-state index in [1.54, 1.807) is 6.92 Å². The first kappa shape index (κ1) is 20.8. The van der Waals surface area contributed by atoms with Crippen LogP contribution in [-0.4, -0.2) is 19.8 Å². The van der Waals surface area contributed by atoms with Crippen molar-refractivity contribution in [1.29, 1.82) is 0 Å². The van der Waals surface area contributed by atoms with E-state index >= 15 is 0 Å². The zero-order valence-corrected chi connectivity index (χ0v) is 16.2. The molecular weight excluding hydrogens is 390 g/mol. The van der Waals surface area contributed by atoms with Crippen LogP contribution in [0.25, 0.3) is 0 Å². The van der Waals surface area contributed by atoms with Crippen LogP contribution in [0.15, 0.2) is 0 Å². The van der Waals surface area contributed by atoms with E-state index in [2.05, 4.69) is 43.4 Å². The molecule has 20 heavy (non-hydrogen) atoms. The van der Waals surface area contributed by atoms with Gasteiger partial charge in [0.05, 0.1) is 6.10 Å². The fraction of sp³-hybridized carbons (Fsp3) is 1.00. The van der Waals surface area contributed by atoms with Crippen molar-refractivity contribution in [3.05, 3.63) is 0 Å². The smallest absolute Gasteiger partial charge is 0.303 e. The topological polar surface area (TPSA) is 66.8 Å². The molecule has 0 aliphatic heterocycles. The molecular formula is C14H30IO4P. The van der Waals surface area contributed by atoms with Crippen molar-refractivity contribution in [2.45, 2.75) is 82.7 Å². The number of unbranched alkanes of at least 4 members (excludes halogenated alkanes) is 5. The Bertz CT molecular complexity index is 306. The number of halogens is 1. The van der Waals surface area contributed by atoms with Gasteiger partial charge in [-0.05, 0) is 13.3 Å². The van der Waals surface area contributed by atoms with E-state index in [0.29, 0.717) is 0 Å². The molecule has 0 heterocycles. The van der Waals surface area contributed by atoms with Crippen molar-refractivity contribution in [1.82, 2.24) is 0 Å². The second-order valence-corrected chi connectivity index (χ2v) is 8.94. The maximum absolute atomic E-state index is 11.0. The lowest BCUT2D eigenvalue weighted by atomic mass is 9.77. The summed E-state index contributed by atoms with van der Waals surface area (Å²) in [5.74, 6) is 0. The van der Waals surface area contributed by atoms with Crippen LogP contribution < -0.4 is 0 Å². The van der Waals surface area contributed by atoms with E-state index in [4.69, 9.17) is 14.3 Å². The first-order chi connectivity index (χ1) is 9.13. The number of hydrogen-bond acceptors (Lipinski definition) is 2. The van der Waals surface area contributed by atoms with Gasteiger partial charge >= 0.3 is 7.82 Å². The Morgan fingerprint density at radius 1 is 1.15 bits per heavy atom. The highest BCUT2D eigenvalue weighted by molar-refractivity contribution is 14.1. The third-order valence-corrected chi connectivity index (χ3v) is 6.22. The minimum atomic E-state index is -4.42. The van der Waals surface area contributed by atoms with Gasteiger partial charge in [0.1, 0.15) is 0 Å². The van der Waals surface area contributed by atoms with Crippen LogP contribution in [0.5, 0.6) is 0 Å². The Hall–Kier alpha value is 0.840. The summed E-state index contributed by atoms with van der Waals surface area (Å²) >= 11 is 2.33. The maximum Gasteiger partial charge on any atom is 0.469 e. The molecule has 3 atom stereocenters. The minimum absolute atomic E-state index is 0.216. The molecule has 0 aromatic rings. The van der Waals surface area contributed by atoms with E-state index < -0.39 is 13.9 Å². The lowest BCUT2D eigenvalue weighted by Gasteiger charge is -2.38. The molecule has 0 spiro atoms. The van der Waals surface area contributed by atoms with Crippen molar-refractivity contribution >= 4 is 30.4 Å². The van der Waals surface area contributed by atoms with E-state index in [9.17, 15) is 4.57 Å². The molecule has 0 amide bonds. The normalized spacial score (nSPS) is 18.6. The van der Waals surface area contributed by atoms with Gasteiger partial charge in [-0.1, -0.05) is 81.9 Å². The van der Waals surface area contributed by atoms with Crippen molar-refractivity contribution in [2.24, 2.45) is 5.41 Å². The molecule has 0 fully saturated rings. The minimum Gasteiger partial charge on any atom is -0.303 e. The first-order valence-electron chi connectivity index (χ1n) is 7.51. The highest BCUT2D eigenvalue weighted by Gasteiger charge is 2.39. The summed E-state index contributed by atoms with van der Waals surface area (Å²) in [5.41, 5.74) is -0.216. The largest absolute Gasteiger partial charge is 0.469 e. The molecule has 0 radical (unpaired) electrons. The Balaban J connectivity index is 4.35. The second-order valence-electron chi connectivity index (χ2n) is 5.88. The summed E-state index contributed by atoms with van der Waals surface area (Å²) in [7, 11) is -4.42. The fourth-order valence-corrected chi connectivity index (χ4v) is 3.81. The summed E-state index contributed by atoms with van der Waals surface area (Å²) < 4.78 is 16.2. The third-order valence-electron chi connectivity index (χ3n) is 4.20. The summed E-state index contributed by atoms with van der Waals surface area (Å²) in [6, 6.07) is 0. The zero-order valence-electron chi connectivity index (χ0n) is 13.1. The Morgan fingerprint density at radius 3 is 2.10 bits per heavy atom. The summed E-state index contributed by atoms with van der Waals surface area (Å²) in [6.07, 6.45) is 7.81. The molecule has 3 unspecified atom stereocenters. The SMILES string of the molecule is CCCCCCCCC(C)(C(C)I)C(C)OP(=O)(O)O. The van der Waals surface area contributed by atoms with Gasteiger partial charge in [0.2, 0.25) is 0 Å². The van der Waals surface area contributed by atoms with Gasteiger partial charge in [-0.2, -0.15) is 0 Å². The van der Waals surface area contributed by atoms with Crippen LogP contribution in [0.1, 0.15) is 72.6 Å². The average molecular weight is 420 g/mol. The highest BCUT2D eigenvalue weighted by Crippen LogP contribution is 2.46. The van der Waals surface area contributed by atoms with Gasteiger partial charge in [0.15, 0.2) is 0 Å². The molecule has 0 saturated carbocycles. The van der Waals surface area contributed by atoms with E-state index in [-0.39, 0.29) is 9.34 Å². The van der Waals surface area contributed by atoms with Crippen LogP contribution in [-0.2, 0) is 9.09 Å². The van der Waals surface area contributed by atoms with Crippen LogP contribution in [0.3, 0.4) is 0 Å². The number of hydrogen-bond donors (Lipinski definition) is 2. The monoisotopic (exact) mass is 420 g/mol. The lowest BCUT2D eigenvalue weighted by molar-refractivity contribution is 0.0411. The van der Waals surface area contributed by atoms with Gasteiger partial charge in [-0.15, -0.1) is 0 Å². The van der Waals surface area contributed by atoms with Crippen molar-refractivity contribution in [3.8, 4) is 0 Å². The van der Waals surface area contributed by atoms with Gasteiger partial charge in [0, 0.05) is 9.34 Å². The predicted octanol–water partition coefficient (Wildman–Crippen LogP) is 5.06. The van der Waals surface area contributed by atoms with E-state index in [1.807, 2.05) is 0 Å². The molecule has 0 saturated heterocycles. The second kappa shape index (κ2) is 9.78. The van der Waals surface area contributed by atoms with E-state index in [0.717, 1.165) is 12.8 Å². The number of phosphoric ester groups is 1. The number of alkyl halides is 1. The van der Waals surface area contributed by atoms with Gasteiger partial charge in [-0.3, -0.25) is 4.52 Å². The van der Waals surface area contributed by atoms with Gasteiger partial charge in [-0.25, -0.2) is 4.57 Å². The Kier molecular flexibility index (Phi) is 10.2. The number of rotatable bonds is 11. The quantitative estimate of drug-likeness (QED) is 0.212. The molecule has 0 bridgehead atoms. The van der Waals surface area contributed by atoms with Crippen molar-refractivity contribution < 1.29 is 18.9 Å². The molecule has 0 aromatic heterocycles. The molecule has 4 nitrogen and oxygen atoms in total. The highest BCUT2D eigenvalue weighted by atomic mass is 127. The third kappa shape index (κ3) is 8.32. The zero-order chi connectivity index (χ0) is 15.8. The molecule has 0 aliphatic rings. The van der Waals surface area contributed by atoms with Crippen LogP contribution in [0.2, 0.25) is 0 Å². The molecule has 0 rings (SSSR count). The summed E-state index contributed by atoms with van der Waals surface area (Å²) in [4.78, 5) is 18.0. The molecule has 0 aromatic carbocycles. The van der Waals surface area contributed by atoms with Crippen molar-refractivity contribution in [3.63, 3.8) is 0 Å².